The summed E-state index contributed by atoms with van der Waals surface area (Å²) in [5, 5.41) is 3.32. The van der Waals surface area contributed by atoms with Crippen LogP contribution in [0.4, 0.5) is 10.1 Å². The normalized spacial score (nSPS) is 17.6. The Morgan fingerprint density at radius 1 is 1.29 bits per heavy atom. The molecule has 1 unspecified atom stereocenters. The summed E-state index contributed by atoms with van der Waals surface area (Å²) in [4.78, 5) is 0. The lowest BCUT2D eigenvalue weighted by Crippen LogP contribution is -2.11. The molecule has 4 heteroatoms. The second kappa shape index (κ2) is 6.06. The fourth-order valence-corrected chi connectivity index (χ4v) is 3.04. The summed E-state index contributed by atoms with van der Waals surface area (Å²) in [6.07, 6.45) is 1.87. The number of para-hydroxylation sites is 1. The van der Waals surface area contributed by atoms with Crippen molar-refractivity contribution in [2.24, 2.45) is 0 Å². The molecule has 0 saturated carbocycles. The summed E-state index contributed by atoms with van der Waals surface area (Å²) in [6.45, 7) is 2.75. The zero-order valence-corrected chi connectivity index (χ0v) is 13.4. The number of hydrogen-bond donors (Lipinski definition) is 1. The summed E-state index contributed by atoms with van der Waals surface area (Å²) in [5.41, 5.74) is 2.75. The molecule has 1 N–H and O–H groups in total. The van der Waals surface area contributed by atoms with Crippen LogP contribution >= 0.6 is 15.9 Å². The van der Waals surface area contributed by atoms with E-state index >= 15 is 0 Å². The van der Waals surface area contributed by atoms with Gasteiger partial charge in [-0.15, -0.1) is 0 Å². The Kier molecular flexibility index (Phi) is 4.15. The minimum Gasteiger partial charge on any atom is -0.493 e. The maximum Gasteiger partial charge on any atom is 0.147 e. The molecule has 0 amide bonds. The van der Waals surface area contributed by atoms with Gasteiger partial charge in [-0.3, -0.25) is 0 Å². The van der Waals surface area contributed by atoms with Crippen LogP contribution < -0.4 is 10.1 Å². The summed E-state index contributed by atoms with van der Waals surface area (Å²) in [5.74, 6) is 0.689. The Hall–Kier alpha value is -1.55. The molecule has 3 rings (SSSR count). The lowest BCUT2D eigenvalue weighted by molar-refractivity contribution is 0.314. The molecule has 0 radical (unpaired) electrons. The number of ether oxygens (including phenoxy) is 1. The van der Waals surface area contributed by atoms with Crippen LogP contribution in [0.3, 0.4) is 0 Å². The summed E-state index contributed by atoms with van der Waals surface area (Å²) >= 11 is 3.28. The molecule has 0 bridgehead atoms. The summed E-state index contributed by atoms with van der Waals surface area (Å²) in [7, 11) is 0. The molecular formula is C17H17BrFNO. The van der Waals surface area contributed by atoms with E-state index in [4.69, 9.17) is 4.74 Å². The zero-order valence-electron chi connectivity index (χ0n) is 11.8. The van der Waals surface area contributed by atoms with Gasteiger partial charge in [-0.25, -0.2) is 4.39 Å². The molecular weight excluding hydrogens is 333 g/mol. The van der Waals surface area contributed by atoms with Crippen molar-refractivity contribution in [2.75, 3.05) is 11.9 Å². The number of hydrogen-bond acceptors (Lipinski definition) is 2. The molecule has 0 saturated heterocycles. The van der Waals surface area contributed by atoms with Crippen molar-refractivity contribution in [3.05, 3.63) is 57.8 Å². The molecule has 0 aromatic heterocycles. The number of fused-ring (bicyclic) bond motifs is 1. The Balaban J connectivity index is 1.94. The summed E-state index contributed by atoms with van der Waals surface area (Å²) < 4.78 is 20.6. The second-order valence-electron chi connectivity index (χ2n) is 5.31. The van der Waals surface area contributed by atoms with Crippen molar-refractivity contribution in [1.82, 2.24) is 0 Å². The van der Waals surface area contributed by atoms with Gasteiger partial charge < -0.3 is 10.1 Å². The number of rotatable bonds is 2. The minimum atomic E-state index is -0.247. The maximum atomic E-state index is 14.0. The highest BCUT2D eigenvalue weighted by Gasteiger charge is 2.21. The molecule has 0 fully saturated rings. The van der Waals surface area contributed by atoms with Crippen LogP contribution in [0, 0.1) is 12.7 Å². The van der Waals surface area contributed by atoms with Gasteiger partial charge in [0.25, 0.3) is 0 Å². The van der Waals surface area contributed by atoms with E-state index in [1.165, 1.54) is 6.07 Å². The minimum absolute atomic E-state index is 0.0677. The van der Waals surface area contributed by atoms with Gasteiger partial charge in [-0.05, 0) is 43.5 Å². The van der Waals surface area contributed by atoms with E-state index in [-0.39, 0.29) is 11.9 Å². The highest BCUT2D eigenvalue weighted by atomic mass is 79.9. The lowest BCUT2D eigenvalue weighted by atomic mass is 9.99. The predicted octanol–water partition coefficient (Wildman–Crippen LogP) is 5.22. The van der Waals surface area contributed by atoms with Gasteiger partial charge in [0.1, 0.15) is 11.6 Å². The van der Waals surface area contributed by atoms with E-state index in [0.717, 1.165) is 34.2 Å². The van der Waals surface area contributed by atoms with Gasteiger partial charge in [0, 0.05) is 10.0 Å². The van der Waals surface area contributed by atoms with Crippen molar-refractivity contribution in [3.63, 3.8) is 0 Å². The Bertz CT molecular complexity index is 659. The number of nitrogens with one attached hydrogen (secondary N) is 1. The fraction of sp³-hybridized carbons (Fsp3) is 0.294. The molecule has 2 aromatic rings. The average Bonchev–Trinajstić information content (AvgIpc) is 2.66. The van der Waals surface area contributed by atoms with Crippen LogP contribution in [0.15, 0.2) is 40.9 Å². The van der Waals surface area contributed by atoms with E-state index in [1.54, 1.807) is 6.07 Å². The van der Waals surface area contributed by atoms with Crippen LogP contribution in [-0.2, 0) is 0 Å². The van der Waals surface area contributed by atoms with E-state index in [2.05, 4.69) is 27.3 Å². The molecule has 2 aromatic carbocycles. The fourth-order valence-electron chi connectivity index (χ4n) is 2.71. The number of aryl methyl sites for hydroxylation is 1. The smallest absolute Gasteiger partial charge is 0.147 e. The standard InChI is InChI=1S/C17H17BrFNO/c1-11-4-2-5-13-15(6-3-9-21-17(11)13)20-16-8-7-12(18)10-14(16)19/h2,4-5,7-8,10,15,20H,3,6,9H2,1H3. The van der Waals surface area contributed by atoms with Gasteiger partial charge in [0.15, 0.2) is 0 Å². The quantitative estimate of drug-likeness (QED) is 0.802. The Morgan fingerprint density at radius 3 is 2.95 bits per heavy atom. The van der Waals surface area contributed by atoms with Crippen LogP contribution in [0.1, 0.15) is 30.0 Å². The van der Waals surface area contributed by atoms with Gasteiger partial charge in [-0.2, -0.15) is 0 Å². The van der Waals surface area contributed by atoms with Crippen LogP contribution in [0.5, 0.6) is 5.75 Å². The van der Waals surface area contributed by atoms with Gasteiger partial charge in [0.05, 0.1) is 18.3 Å². The maximum absolute atomic E-state index is 14.0. The molecule has 110 valence electrons. The molecule has 2 nitrogen and oxygen atoms in total. The average molecular weight is 350 g/mol. The Labute approximate surface area is 132 Å². The molecule has 21 heavy (non-hydrogen) atoms. The van der Waals surface area contributed by atoms with Crippen molar-refractivity contribution in [2.45, 2.75) is 25.8 Å². The van der Waals surface area contributed by atoms with E-state index in [1.807, 2.05) is 25.1 Å². The first kappa shape index (κ1) is 14.4. The van der Waals surface area contributed by atoms with Gasteiger partial charge >= 0.3 is 0 Å². The van der Waals surface area contributed by atoms with Crippen LogP contribution in [0.25, 0.3) is 0 Å². The first-order valence-electron chi connectivity index (χ1n) is 7.09. The molecule has 1 aliphatic rings. The molecule has 1 heterocycles. The van der Waals surface area contributed by atoms with E-state index in [9.17, 15) is 4.39 Å². The van der Waals surface area contributed by atoms with Crippen LogP contribution in [-0.4, -0.2) is 6.61 Å². The molecule has 0 aliphatic carbocycles. The third-order valence-electron chi connectivity index (χ3n) is 3.76. The zero-order chi connectivity index (χ0) is 14.8. The first-order valence-corrected chi connectivity index (χ1v) is 7.88. The van der Waals surface area contributed by atoms with Crippen molar-refractivity contribution in [1.29, 1.82) is 0 Å². The topological polar surface area (TPSA) is 21.3 Å². The SMILES string of the molecule is Cc1cccc2c1OCCCC2Nc1ccc(Br)cc1F. The number of benzene rings is 2. The largest absolute Gasteiger partial charge is 0.493 e. The van der Waals surface area contributed by atoms with Crippen LogP contribution in [0.2, 0.25) is 0 Å². The van der Waals surface area contributed by atoms with E-state index in [0.29, 0.717) is 12.3 Å². The third-order valence-corrected chi connectivity index (χ3v) is 4.26. The second-order valence-corrected chi connectivity index (χ2v) is 6.22. The van der Waals surface area contributed by atoms with Gasteiger partial charge in [0.2, 0.25) is 0 Å². The first-order chi connectivity index (χ1) is 10.1. The van der Waals surface area contributed by atoms with Crippen molar-refractivity contribution >= 4 is 21.6 Å². The monoisotopic (exact) mass is 349 g/mol. The lowest BCUT2D eigenvalue weighted by Gasteiger charge is -2.21. The number of anilines is 1. The van der Waals surface area contributed by atoms with Gasteiger partial charge in [-0.1, -0.05) is 34.1 Å². The predicted molar refractivity (Wildman–Crippen MR) is 86.4 cm³/mol. The van der Waals surface area contributed by atoms with E-state index < -0.39 is 0 Å². The highest BCUT2D eigenvalue weighted by Crippen LogP contribution is 2.36. The highest BCUT2D eigenvalue weighted by molar-refractivity contribution is 9.10. The molecule has 1 aliphatic heterocycles. The molecule has 1 atom stereocenters. The Morgan fingerprint density at radius 2 is 2.14 bits per heavy atom. The van der Waals surface area contributed by atoms with Crippen molar-refractivity contribution in [3.8, 4) is 5.75 Å². The molecule has 0 spiro atoms. The van der Waals surface area contributed by atoms with Crippen molar-refractivity contribution < 1.29 is 9.13 Å². The number of halogens is 2. The third kappa shape index (κ3) is 3.05. The summed E-state index contributed by atoms with van der Waals surface area (Å²) in [6, 6.07) is 11.3.